The number of fused-ring (bicyclic) bond motifs is 1. The van der Waals surface area contributed by atoms with Gasteiger partial charge in [-0.3, -0.25) is 4.99 Å². The molecule has 26 heavy (non-hydrogen) atoms. The summed E-state index contributed by atoms with van der Waals surface area (Å²) in [5, 5.41) is 10.3. The van der Waals surface area contributed by atoms with E-state index in [0.29, 0.717) is 0 Å². The highest BCUT2D eigenvalue weighted by Crippen LogP contribution is 2.26. The van der Waals surface area contributed by atoms with Crippen molar-refractivity contribution < 1.29 is 14.2 Å². The standard InChI is InChI=1S/C19H25FN4O2/c1-3-17-16(11-21-2)15-4-5-18(23-19(15)22-17)24-8-6-14(7-9-24)26-12-13(25)10-20/h3-5,11,13-14,25H,1,6-10,12H2,2H3,(H,22,23). The highest BCUT2D eigenvalue weighted by atomic mass is 19.1. The van der Waals surface area contributed by atoms with E-state index in [1.807, 2.05) is 12.3 Å². The number of pyridine rings is 1. The van der Waals surface area contributed by atoms with E-state index in [0.717, 1.165) is 54.0 Å². The van der Waals surface area contributed by atoms with Gasteiger partial charge >= 0.3 is 0 Å². The summed E-state index contributed by atoms with van der Waals surface area (Å²) in [7, 11) is 1.74. The molecule has 0 saturated carbocycles. The Hall–Kier alpha value is -2.25. The number of anilines is 1. The minimum Gasteiger partial charge on any atom is -0.388 e. The molecule has 1 unspecified atom stereocenters. The van der Waals surface area contributed by atoms with Crippen LogP contribution >= 0.6 is 0 Å². The lowest BCUT2D eigenvalue weighted by Crippen LogP contribution is -2.38. The van der Waals surface area contributed by atoms with Crippen LogP contribution in [0.5, 0.6) is 0 Å². The van der Waals surface area contributed by atoms with E-state index >= 15 is 0 Å². The van der Waals surface area contributed by atoms with Crippen LogP contribution in [0.25, 0.3) is 17.1 Å². The molecule has 1 aliphatic heterocycles. The Kier molecular flexibility index (Phi) is 6.00. The van der Waals surface area contributed by atoms with Gasteiger partial charge in [0.2, 0.25) is 0 Å². The maximum atomic E-state index is 12.3. The summed E-state index contributed by atoms with van der Waals surface area (Å²) in [5.41, 5.74) is 2.72. The average molecular weight is 360 g/mol. The van der Waals surface area contributed by atoms with E-state index in [-0.39, 0.29) is 12.7 Å². The molecule has 1 atom stereocenters. The highest BCUT2D eigenvalue weighted by molar-refractivity contribution is 6.01. The van der Waals surface area contributed by atoms with Crippen LogP contribution in [0.15, 0.2) is 23.7 Å². The van der Waals surface area contributed by atoms with Crippen LogP contribution < -0.4 is 4.90 Å². The predicted octanol–water partition coefficient (Wildman–Crippen LogP) is 2.57. The van der Waals surface area contributed by atoms with Crippen molar-refractivity contribution in [2.75, 3.05) is 38.3 Å². The molecule has 2 aromatic heterocycles. The molecule has 3 heterocycles. The number of aliphatic hydroxyl groups excluding tert-OH is 1. The number of hydrogen-bond donors (Lipinski definition) is 2. The quantitative estimate of drug-likeness (QED) is 0.745. The minimum atomic E-state index is -1.02. The van der Waals surface area contributed by atoms with Gasteiger partial charge in [-0.1, -0.05) is 6.58 Å². The Morgan fingerprint density at radius 1 is 1.50 bits per heavy atom. The molecule has 140 valence electrons. The van der Waals surface area contributed by atoms with Gasteiger partial charge in [-0.15, -0.1) is 0 Å². The largest absolute Gasteiger partial charge is 0.388 e. The van der Waals surface area contributed by atoms with Crippen LogP contribution in [-0.4, -0.2) is 66.9 Å². The first kappa shape index (κ1) is 18.5. The van der Waals surface area contributed by atoms with Gasteiger partial charge < -0.3 is 19.7 Å². The highest BCUT2D eigenvalue weighted by Gasteiger charge is 2.22. The van der Waals surface area contributed by atoms with Gasteiger partial charge in [0.05, 0.1) is 12.7 Å². The van der Waals surface area contributed by atoms with Crippen molar-refractivity contribution in [2.45, 2.75) is 25.0 Å². The summed E-state index contributed by atoms with van der Waals surface area (Å²) in [6.45, 7) is 4.75. The molecule has 7 heteroatoms. The van der Waals surface area contributed by atoms with Crippen molar-refractivity contribution in [3.8, 4) is 0 Å². The van der Waals surface area contributed by atoms with Crippen LogP contribution in [-0.2, 0) is 4.74 Å². The van der Waals surface area contributed by atoms with E-state index in [1.54, 1.807) is 13.1 Å². The number of H-pyrrole nitrogens is 1. The first-order chi connectivity index (χ1) is 12.7. The zero-order valence-electron chi connectivity index (χ0n) is 15.0. The average Bonchev–Trinajstić information content (AvgIpc) is 3.03. The Labute approximate surface area is 152 Å². The molecule has 2 N–H and O–H groups in total. The Morgan fingerprint density at radius 2 is 2.27 bits per heavy atom. The lowest BCUT2D eigenvalue weighted by Gasteiger charge is -2.33. The van der Waals surface area contributed by atoms with Gasteiger partial charge in [0, 0.05) is 43.0 Å². The van der Waals surface area contributed by atoms with E-state index in [4.69, 9.17) is 9.72 Å². The number of aliphatic hydroxyl groups is 1. The van der Waals surface area contributed by atoms with E-state index in [9.17, 15) is 9.50 Å². The van der Waals surface area contributed by atoms with Gasteiger partial charge in [0.15, 0.2) is 0 Å². The van der Waals surface area contributed by atoms with E-state index in [1.165, 1.54) is 0 Å². The molecular formula is C19H25FN4O2. The number of nitrogens with zero attached hydrogens (tertiary/aromatic N) is 3. The molecule has 3 rings (SSSR count). The number of nitrogens with one attached hydrogen (secondary N) is 1. The Bertz CT molecular complexity index is 781. The maximum Gasteiger partial charge on any atom is 0.140 e. The molecule has 0 amide bonds. The third kappa shape index (κ3) is 3.94. The number of ether oxygens (including phenoxy) is 1. The maximum absolute atomic E-state index is 12.3. The van der Waals surface area contributed by atoms with Gasteiger partial charge in [-0.25, -0.2) is 9.37 Å². The minimum absolute atomic E-state index is 0.0555. The third-order valence-corrected chi connectivity index (χ3v) is 4.64. The Morgan fingerprint density at radius 3 is 2.92 bits per heavy atom. The second-order valence-electron chi connectivity index (χ2n) is 6.44. The Balaban J connectivity index is 1.69. The van der Waals surface area contributed by atoms with Crippen molar-refractivity contribution in [3.05, 3.63) is 30.0 Å². The number of aromatic nitrogens is 2. The lowest BCUT2D eigenvalue weighted by molar-refractivity contribution is -0.0253. The van der Waals surface area contributed by atoms with Crippen LogP contribution in [0.4, 0.5) is 10.2 Å². The number of aliphatic imine (C=N–C) groups is 1. The van der Waals surface area contributed by atoms with Crippen molar-refractivity contribution in [1.82, 2.24) is 9.97 Å². The lowest BCUT2D eigenvalue weighted by atomic mass is 10.1. The first-order valence-electron chi connectivity index (χ1n) is 8.84. The van der Waals surface area contributed by atoms with Gasteiger partial charge in [0.1, 0.15) is 24.2 Å². The normalized spacial score (nSPS) is 17.3. The zero-order chi connectivity index (χ0) is 18.5. The molecular weight excluding hydrogens is 335 g/mol. The second kappa shape index (κ2) is 8.42. The summed E-state index contributed by atoms with van der Waals surface area (Å²) < 4.78 is 17.9. The number of hydrogen-bond acceptors (Lipinski definition) is 5. The third-order valence-electron chi connectivity index (χ3n) is 4.64. The van der Waals surface area contributed by atoms with Gasteiger partial charge in [-0.05, 0) is 31.1 Å². The molecule has 0 bridgehead atoms. The molecule has 0 aliphatic carbocycles. The number of halogens is 1. The predicted molar refractivity (Wildman–Crippen MR) is 103 cm³/mol. The van der Waals surface area contributed by atoms with Crippen molar-refractivity contribution in [3.63, 3.8) is 0 Å². The monoisotopic (exact) mass is 360 g/mol. The van der Waals surface area contributed by atoms with Crippen LogP contribution in [0, 0.1) is 0 Å². The zero-order valence-corrected chi connectivity index (χ0v) is 15.0. The van der Waals surface area contributed by atoms with E-state index < -0.39 is 12.8 Å². The fourth-order valence-corrected chi connectivity index (χ4v) is 3.25. The molecule has 0 radical (unpaired) electrons. The topological polar surface area (TPSA) is 73.7 Å². The van der Waals surface area contributed by atoms with Gasteiger partial charge in [-0.2, -0.15) is 0 Å². The van der Waals surface area contributed by atoms with Crippen molar-refractivity contribution in [2.24, 2.45) is 4.99 Å². The molecule has 1 aliphatic rings. The molecule has 1 saturated heterocycles. The summed E-state index contributed by atoms with van der Waals surface area (Å²) in [5.74, 6) is 0.914. The molecule has 0 aromatic carbocycles. The number of rotatable bonds is 7. The molecule has 0 spiro atoms. The second-order valence-corrected chi connectivity index (χ2v) is 6.44. The van der Waals surface area contributed by atoms with Crippen LogP contribution in [0.2, 0.25) is 0 Å². The molecule has 1 fully saturated rings. The fourth-order valence-electron chi connectivity index (χ4n) is 3.25. The van der Waals surface area contributed by atoms with Crippen molar-refractivity contribution in [1.29, 1.82) is 0 Å². The summed E-state index contributed by atoms with van der Waals surface area (Å²) in [4.78, 5) is 14.4. The molecule has 6 nitrogen and oxygen atoms in total. The SMILES string of the molecule is C=Cc1[nH]c2nc(N3CCC(OCC(O)CF)CC3)ccc2c1C=NC. The fraction of sp³-hybridized carbons (Fsp3) is 0.474. The number of alkyl halides is 1. The van der Waals surface area contributed by atoms with Crippen LogP contribution in [0.1, 0.15) is 24.1 Å². The summed E-state index contributed by atoms with van der Waals surface area (Å²) in [6, 6.07) is 4.07. The number of aromatic amines is 1. The first-order valence-corrected chi connectivity index (χ1v) is 8.84. The number of piperidine rings is 1. The van der Waals surface area contributed by atoms with Gasteiger partial charge in [0.25, 0.3) is 0 Å². The van der Waals surface area contributed by atoms with Crippen molar-refractivity contribution >= 4 is 29.1 Å². The molecule has 2 aromatic rings. The summed E-state index contributed by atoms with van der Waals surface area (Å²) in [6.07, 6.45) is 4.27. The van der Waals surface area contributed by atoms with Crippen LogP contribution in [0.3, 0.4) is 0 Å². The summed E-state index contributed by atoms with van der Waals surface area (Å²) >= 11 is 0. The van der Waals surface area contributed by atoms with E-state index in [2.05, 4.69) is 27.5 Å². The smallest absolute Gasteiger partial charge is 0.140 e.